The molecule has 0 saturated heterocycles. The van der Waals surface area contributed by atoms with Gasteiger partial charge in [-0.1, -0.05) is 0 Å². The van der Waals surface area contributed by atoms with Crippen LogP contribution in [0.5, 0.6) is 0 Å². The molecule has 0 fully saturated rings. The summed E-state index contributed by atoms with van der Waals surface area (Å²) in [4.78, 5) is 24.9. The molecule has 13 heavy (non-hydrogen) atoms. The van der Waals surface area contributed by atoms with Crippen LogP contribution in [0, 0.1) is 0 Å². The van der Waals surface area contributed by atoms with Gasteiger partial charge in [-0.25, -0.2) is 14.5 Å². The molecule has 6 nitrogen and oxygen atoms in total. The van der Waals surface area contributed by atoms with Crippen molar-refractivity contribution in [2.75, 3.05) is 0 Å². The molecule has 0 bridgehead atoms. The highest BCUT2D eigenvalue weighted by atomic mass is 31.1. The minimum Gasteiger partial charge on any atom is -0.394 e. The van der Waals surface area contributed by atoms with Gasteiger partial charge in [-0.3, -0.25) is 4.79 Å². The molecule has 7 heteroatoms. The lowest BCUT2D eigenvalue weighted by Crippen LogP contribution is -1.87. The Hall–Kier alpha value is -1.26. The quantitative estimate of drug-likeness (QED) is 0.666. The number of carbonyl (C=O) groups excluding carboxylic acids is 1. The lowest BCUT2D eigenvalue weighted by Gasteiger charge is -1.89. The van der Waals surface area contributed by atoms with Crippen LogP contribution in [0.1, 0.15) is 6.92 Å². The van der Waals surface area contributed by atoms with Crippen molar-refractivity contribution in [2.24, 2.45) is 0 Å². The number of nitrogens with zero attached hydrogens (tertiary/aromatic N) is 2. The summed E-state index contributed by atoms with van der Waals surface area (Å²) in [6.07, 6.45) is 4.88. The number of rotatable bonds is 1. The van der Waals surface area contributed by atoms with E-state index in [9.17, 15) is 9.36 Å². The summed E-state index contributed by atoms with van der Waals surface area (Å²) in [5.41, 5.74) is 0. The van der Waals surface area contributed by atoms with Crippen molar-refractivity contribution >= 4 is 14.2 Å². The number of hydrogen-bond donors (Lipinski definition) is 1. The zero-order chi connectivity index (χ0) is 10.1. The summed E-state index contributed by atoms with van der Waals surface area (Å²) >= 11 is 0. The first-order valence-electron chi connectivity index (χ1n) is 3.24. The molecule has 1 aromatic heterocycles. The number of aromatic nitrogens is 2. The maximum Gasteiger partial charge on any atom is 0.367 e. The Bertz CT molecular complexity index is 228. The van der Waals surface area contributed by atoms with E-state index in [0.717, 1.165) is 6.92 Å². The van der Waals surface area contributed by atoms with Crippen LogP contribution in [-0.4, -0.2) is 20.8 Å². The largest absolute Gasteiger partial charge is 0.394 e. The Morgan fingerprint density at radius 1 is 1.46 bits per heavy atom. The molecule has 1 heterocycles. The van der Waals surface area contributed by atoms with Gasteiger partial charge >= 0.3 is 14.2 Å². The van der Waals surface area contributed by atoms with Gasteiger partial charge in [0.25, 0.3) is 0 Å². The van der Waals surface area contributed by atoms with Gasteiger partial charge in [0.1, 0.15) is 6.33 Å². The van der Waals surface area contributed by atoms with Crippen LogP contribution >= 0.6 is 8.25 Å². The highest BCUT2D eigenvalue weighted by Crippen LogP contribution is 2.13. The second kappa shape index (κ2) is 7.39. The van der Waals surface area contributed by atoms with Crippen molar-refractivity contribution in [1.82, 2.24) is 9.97 Å². The third kappa shape index (κ3) is 10.7. The first-order valence-corrected chi connectivity index (χ1v) is 4.50. The first-order chi connectivity index (χ1) is 6.13. The van der Waals surface area contributed by atoms with Crippen LogP contribution in [-0.2, 0) is 13.9 Å². The van der Waals surface area contributed by atoms with Gasteiger partial charge < -0.3 is 9.42 Å². The number of carbonyl (C=O) groups is 1. The Morgan fingerprint density at radius 3 is 2.08 bits per heavy atom. The van der Waals surface area contributed by atoms with Crippen LogP contribution in [0.25, 0.3) is 0 Å². The van der Waals surface area contributed by atoms with Crippen LogP contribution in [0.15, 0.2) is 24.8 Å². The van der Waals surface area contributed by atoms with E-state index in [-0.39, 0.29) is 0 Å². The van der Waals surface area contributed by atoms with E-state index in [4.69, 9.17) is 4.89 Å². The van der Waals surface area contributed by atoms with E-state index >= 15 is 0 Å². The molecule has 0 saturated carbocycles. The van der Waals surface area contributed by atoms with E-state index in [0.29, 0.717) is 0 Å². The van der Waals surface area contributed by atoms with Gasteiger partial charge in [0.15, 0.2) is 0 Å². The van der Waals surface area contributed by atoms with Crippen molar-refractivity contribution < 1.29 is 18.8 Å². The van der Waals surface area contributed by atoms with Crippen molar-refractivity contribution in [2.45, 2.75) is 6.92 Å². The molecular weight excluding hydrogens is 195 g/mol. The van der Waals surface area contributed by atoms with Crippen molar-refractivity contribution in [1.29, 1.82) is 0 Å². The van der Waals surface area contributed by atoms with E-state index in [2.05, 4.69) is 14.5 Å². The first kappa shape index (κ1) is 11.7. The summed E-state index contributed by atoms with van der Waals surface area (Å²) in [6.45, 7) is 1.07. The molecule has 1 N–H and O–H groups in total. The van der Waals surface area contributed by atoms with E-state index < -0.39 is 14.2 Å². The van der Waals surface area contributed by atoms with Crippen LogP contribution < -0.4 is 0 Å². The third-order valence-corrected chi connectivity index (χ3v) is 1.17. The zero-order valence-electron chi connectivity index (χ0n) is 6.88. The van der Waals surface area contributed by atoms with E-state index in [1.807, 2.05) is 0 Å². The van der Waals surface area contributed by atoms with Gasteiger partial charge in [-0.15, -0.1) is 0 Å². The van der Waals surface area contributed by atoms with E-state index in [1.54, 1.807) is 18.5 Å². The Balaban J connectivity index is 0.000000223. The SMILES string of the molecule is CC(=O)O[PH](=O)O.c1cncnc1. The fourth-order valence-corrected chi connectivity index (χ4v) is 0.622. The molecule has 72 valence electrons. The normalized spacial score (nSPS) is 10.6. The molecule has 0 aliphatic rings. The van der Waals surface area contributed by atoms with Crippen molar-refractivity contribution in [3.05, 3.63) is 24.8 Å². The lowest BCUT2D eigenvalue weighted by molar-refractivity contribution is -0.131. The minimum atomic E-state index is -3.03. The highest BCUT2D eigenvalue weighted by Gasteiger charge is 1.92. The Kier molecular flexibility index (Phi) is 6.68. The second-order valence-corrected chi connectivity index (χ2v) is 2.50. The van der Waals surface area contributed by atoms with Gasteiger partial charge in [0.2, 0.25) is 0 Å². The number of hydrogen-bond acceptors (Lipinski definition) is 5. The smallest absolute Gasteiger partial charge is 0.367 e. The van der Waals surface area contributed by atoms with Gasteiger partial charge in [-0.2, -0.15) is 0 Å². The summed E-state index contributed by atoms with van der Waals surface area (Å²) in [5.74, 6) is -0.730. The van der Waals surface area contributed by atoms with Crippen LogP contribution in [0.2, 0.25) is 0 Å². The summed E-state index contributed by atoms with van der Waals surface area (Å²) in [5, 5.41) is 0. The van der Waals surface area contributed by atoms with Crippen molar-refractivity contribution in [3.63, 3.8) is 0 Å². The zero-order valence-corrected chi connectivity index (χ0v) is 7.88. The molecule has 0 aromatic carbocycles. The molecule has 1 atom stereocenters. The molecule has 0 aliphatic heterocycles. The molecular formula is C6H9N2O4P. The monoisotopic (exact) mass is 204 g/mol. The predicted molar refractivity (Wildman–Crippen MR) is 45.0 cm³/mol. The minimum absolute atomic E-state index is 0.730. The second-order valence-electron chi connectivity index (χ2n) is 1.76. The van der Waals surface area contributed by atoms with E-state index in [1.165, 1.54) is 6.33 Å². The molecule has 0 amide bonds. The predicted octanol–water partition coefficient (Wildman–Crippen LogP) is 0.408. The molecule has 1 rings (SSSR count). The fraction of sp³-hybridized carbons (Fsp3) is 0.167. The highest BCUT2D eigenvalue weighted by molar-refractivity contribution is 7.32. The Morgan fingerprint density at radius 2 is 2.00 bits per heavy atom. The third-order valence-electron chi connectivity index (χ3n) is 0.709. The fourth-order valence-electron chi connectivity index (χ4n) is 0.376. The average molecular weight is 204 g/mol. The van der Waals surface area contributed by atoms with Crippen LogP contribution in [0.3, 0.4) is 0 Å². The molecule has 0 spiro atoms. The summed E-state index contributed by atoms with van der Waals surface area (Å²) < 4.78 is 13.3. The standard InChI is InChI=1S/C4H4N2.C2H5O4P/c1-2-5-4-6-3-1;1-2(3)6-7(4)5/h1-4H;7H,1H3,(H,4,5). The topological polar surface area (TPSA) is 89.4 Å². The maximum absolute atomic E-state index is 9.70. The van der Waals surface area contributed by atoms with Gasteiger partial charge in [0.05, 0.1) is 0 Å². The summed E-state index contributed by atoms with van der Waals surface area (Å²) in [6, 6.07) is 1.78. The van der Waals surface area contributed by atoms with Gasteiger partial charge in [-0.05, 0) is 6.07 Å². The lowest BCUT2D eigenvalue weighted by atomic mass is 10.7. The molecule has 0 radical (unpaired) electrons. The van der Waals surface area contributed by atoms with Crippen LogP contribution in [0.4, 0.5) is 0 Å². The molecule has 0 aliphatic carbocycles. The average Bonchev–Trinajstić information content (AvgIpc) is 2.06. The van der Waals surface area contributed by atoms with Gasteiger partial charge in [0, 0.05) is 19.3 Å². The van der Waals surface area contributed by atoms with Crippen molar-refractivity contribution in [3.8, 4) is 0 Å². The molecule has 1 unspecified atom stereocenters. The Labute approximate surface area is 75.6 Å². The summed E-state index contributed by atoms with van der Waals surface area (Å²) in [7, 11) is -3.03. The molecule has 1 aromatic rings. The maximum atomic E-state index is 9.70.